The Hall–Kier alpha value is -3.83. The van der Waals surface area contributed by atoms with Gasteiger partial charge in [-0.25, -0.2) is 29.5 Å². The Bertz CT molecular complexity index is 2190. The lowest BCUT2D eigenvalue weighted by Gasteiger charge is -2.34. The smallest absolute Gasteiger partial charge is 0.410 e. The molecule has 2 fully saturated rings. The maximum Gasteiger partial charge on any atom is 0.410 e. The van der Waals surface area contributed by atoms with E-state index in [4.69, 9.17) is 19.4 Å². The van der Waals surface area contributed by atoms with E-state index < -0.39 is 11.2 Å². The molecule has 5 aromatic heterocycles. The number of rotatable bonds is 7. The highest BCUT2D eigenvalue weighted by Crippen LogP contribution is 2.29. The van der Waals surface area contributed by atoms with Crippen molar-refractivity contribution < 1.29 is 19.1 Å². The average Bonchev–Trinajstić information content (AvgIpc) is 3.88. The number of aryl methyl sites for hydroxylation is 1. The van der Waals surface area contributed by atoms with Crippen LogP contribution in [0.15, 0.2) is 51.8 Å². The summed E-state index contributed by atoms with van der Waals surface area (Å²) in [7, 11) is 1.91. The van der Waals surface area contributed by atoms with Crippen molar-refractivity contribution in [2.45, 2.75) is 101 Å². The van der Waals surface area contributed by atoms with Crippen molar-refractivity contribution in [3.05, 3.63) is 53.2 Å². The number of likely N-dealkylation sites (tertiary alicyclic amines) is 2. The number of aromatic nitrogens is 8. The van der Waals surface area contributed by atoms with Gasteiger partial charge in [-0.2, -0.15) is 5.10 Å². The molecule has 57 heavy (non-hydrogen) atoms. The molecule has 17 heteroatoms. The molecule has 14 nitrogen and oxygen atoms in total. The summed E-state index contributed by atoms with van der Waals surface area (Å²) >= 11 is 6.74. The topological polar surface area (TPSA) is 137 Å². The summed E-state index contributed by atoms with van der Waals surface area (Å²) in [5.74, 6) is 0.740. The Labute approximate surface area is 352 Å². The number of halogens is 1. The van der Waals surface area contributed by atoms with Crippen molar-refractivity contribution in [1.29, 1.82) is 0 Å². The summed E-state index contributed by atoms with van der Waals surface area (Å²) in [5, 5.41) is 6.13. The van der Waals surface area contributed by atoms with Gasteiger partial charge in [0, 0.05) is 57.4 Å². The van der Waals surface area contributed by atoms with Crippen molar-refractivity contribution in [3.63, 3.8) is 0 Å². The first-order chi connectivity index (χ1) is 27.0. The lowest BCUT2D eigenvalue weighted by atomic mass is 9.94. The van der Waals surface area contributed by atoms with Gasteiger partial charge < -0.3 is 19.3 Å². The zero-order chi connectivity index (χ0) is 41.1. The molecule has 2 aliphatic rings. The number of ether oxygens (including phenoxy) is 2. The van der Waals surface area contributed by atoms with Crippen molar-refractivity contribution in [2.24, 2.45) is 18.9 Å². The van der Waals surface area contributed by atoms with Gasteiger partial charge >= 0.3 is 12.2 Å². The third kappa shape index (κ3) is 11.0. The standard InChI is InChI=1S/C22H30N6O2S.C18H25BrN4O2S/c1-22(2,3)30-21(29)27-8-6-7-15(12-27)9-17-14-28-18(16-10-24-26(4)13-16)11-23-19(28)20(25-17)31-5;1-18(2,3)25-17(24)22-7-5-6-12(10-22)8-13-11-23-14(19)9-20-15(23)16(21-13)26-4/h10-11,13-15H,6-9,12H2,1-5H3;9,11-12H,5-8,10H2,1-4H3. The fourth-order valence-corrected chi connectivity index (χ4v) is 8.72. The molecule has 7 rings (SSSR count). The Kier molecular flexibility index (Phi) is 13.5. The molecule has 0 aromatic carbocycles. The minimum Gasteiger partial charge on any atom is -0.444 e. The molecule has 5 aromatic rings. The van der Waals surface area contributed by atoms with E-state index >= 15 is 0 Å². The van der Waals surface area contributed by atoms with Crippen LogP contribution in [0.3, 0.4) is 0 Å². The molecule has 2 atom stereocenters. The maximum absolute atomic E-state index is 12.5. The molecule has 0 aliphatic carbocycles. The quantitative estimate of drug-likeness (QED) is 0.146. The van der Waals surface area contributed by atoms with Crippen molar-refractivity contribution in [3.8, 4) is 11.3 Å². The number of piperidine rings is 2. The first-order valence-corrected chi connectivity index (χ1v) is 22.7. The first kappa shape index (κ1) is 42.8. The van der Waals surface area contributed by atoms with Crippen LogP contribution in [-0.2, 0) is 29.4 Å². The van der Waals surface area contributed by atoms with E-state index in [2.05, 4.69) is 41.6 Å². The van der Waals surface area contributed by atoms with Crippen LogP contribution in [0.25, 0.3) is 22.6 Å². The normalized spacial score (nSPS) is 17.8. The van der Waals surface area contributed by atoms with Crippen LogP contribution in [0.1, 0.15) is 78.6 Å². The fourth-order valence-electron chi connectivity index (χ4n) is 7.26. The van der Waals surface area contributed by atoms with Crippen molar-refractivity contribution in [2.75, 3.05) is 38.7 Å². The summed E-state index contributed by atoms with van der Waals surface area (Å²) in [5.41, 5.74) is 4.84. The number of nitrogens with zero attached hydrogens (tertiary/aromatic N) is 10. The van der Waals surface area contributed by atoms with E-state index in [-0.39, 0.29) is 12.2 Å². The van der Waals surface area contributed by atoms with E-state index in [9.17, 15) is 9.59 Å². The van der Waals surface area contributed by atoms with Gasteiger partial charge in [-0.3, -0.25) is 13.5 Å². The average molecular weight is 884 g/mol. The molecule has 2 aliphatic heterocycles. The molecular formula is C40H55BrN10O4S2. The highest BCUT2D eigenvalue weighted by atomic mass is 79.9. The van der Waals surface area contributed by atoms with Crippen LogP contribution in [0, 0.1) is 11.8 Å². The van der Waals surface area contributed by atoms with Gasteiger partial charge in [-0.15, -0.1) is 23.5 Å². The molecular weight excluding hydrogens is 829 g/mol. The second-order valence-corrected chi connectivity index (χ2v) is 19.2. The molecule has 2 unspecified atom stereocenters. The third-order valence-electron chi connectivity index (χ3n) is 9.70. The number of carbonyl (C=O) groups is 2. The number of amides is 2. The molecule has 0 bridgehead atoms. The number of hydrogen-bond donors (Lipinski definition) is 0. The molecule has 308 valence electrons. The van der Waals surface area contributed by atoms with Crippen LogP contribution in [-0.4, -0.2) is 110 Å². The zero-order valence-corrected chi connectivity index (χ0v) is 37.7. The molecule has 0 spiro atoms. The predicted molar refractivity (Wildman–Crippen MR) is 228 cm³/mol. The Morgan fingerprint density at radius 1 is 0.754 bits per heavy atom. The second kappa shape index (κ2) is 18.0. The molecule has 0 radical (unpaired) electrons. The fraction of sp³-hybridized carbons (Fsp3) is 0.575. The van der Waals surface area contributed by atoms with E-state index in [1.165, 1.54) is 0 Å². The third-order valence-corrected chi connectivity index (χ3v) is 11.6. The molecule has 0 N–H and O–H groups in total. The van der Waals surface area contributed by atoms with E-state index in [0.29, 0.717) is 24.9 Å². The lowest BCUT2D eigenvalue weighted by Crippen LogP contribution is -2.43. The molecule has 0 saturated carbocycles. The van der Waals surface area contributed by atoms with E-state index in [1.54, 1.807) is 34.4 Å². The minimum absolute atomic E-state index is 0.215. The van der Waals surface area contributed by atoms with Crippen molar-refractivity contribution in [1.82, 2.24) is 48.3 Å². The maximum atomic E-state index is 12.5. The highest BCUT2D eigenvalue weighted by molar-refractivity contribution is 9.10. The monoisotopic (exact) mass is 882 g/mol. The van der Waals surface area contributed by atoms with Gasteiger partial charge in [0.15, 0.2) is 11.3 Å². The van der Waals surface area contributed by atoms with Crippen LogP contribution >= 0.6 is 39.5 Å². The number of fused-ring (bicyclic) bond motifs is 2. The lowest BCUT2D eigenvalue weighted by molar-refractivity contribution is 0.0156. The minimum atomic E-state index is -0.478. The largest absolute Gasteiger partial charge is 0.444 e. The molecule has 2 amide bonds. The second-order valence-electron chi connectivity index (χ2n) is 16.8. The van der Waals surface area contributed by atoms with Crippen molar-refractivity contribution >= 4 is 62.9 Å². The molecule has 7 heterocycles. The van der Waals surface area contributed by atoms with Crippen LogP contribution in [0.4, 0.5) is 9.59 Å². The van der Waals surface area contributed by atoms with E-state index in [1.807, 2.05) is 100 Å². The van der Waals surface area contributed by atoms with Crippen LogP contribution < -0.4 is 0 Å². The summed E-state index contributed by atoms with van der Waals surface area (Å²) in [4.78, 5) is 47.2. The molecule has 2 saturated heterocycles. The number of thioether (sulfide) groups is 2. The number of imidazole rings is 2. The number of carbonyl (C=O) groups excluding carboxylic acids is 2. The van der Waals surface area contributed by atoms with E-state index in [0.717, 1.165) is 100 Å². The summed E-state index contributed by atoms with van der Waals surface area (Å²) in [6.45, 7) is 14.3. The summed E-state index contributed by atoms with van der Waals surface area (Å²) in [6, 6.07) is 0. The van der Waals surface area contributed by atoms with Gasteiger partial charge in [0.25, 0.3) is 0 Å². The van der Waals surface area contributed by atoms with Gasteiger partial charge in [-0.1, -0.05) is 0 Å². The van der Waals surface area contributed by atoms with Gasteiger partial charge in [0.05, 0.1) is 35.7 Å². The zero-order valence-electron chi connectivity index (χ0n) is 34.5. The number of hydrogen-bond acceptors (Lipinski definition) is 11. The predicted octanol–water partition coefficient (Wildman–Crippen LogP) is 8.44. The Morgan fingerprint density at radius 3 is 1.72 bits per heavy atom. The van der Waals surface area contributed by atoms with Crippen LogP contribution in [0.2, 0.25) is 0 Å². The first-order valence-electron chi connectivity index (χ1n) is 19.4. The summed E-state index contributed by atoms with van der Waals surface area (Å²) < 4.78 is 18.0. The van der Waals surface area contributed by atoms with Gasteiger partial charge in [0.2, 0.25) is 0 Å². The van der Waals surface area contributed by atoms with Crippen LogP contribution in [0.5, 0.6) is 0 Å². The SMILES string of the molecule is CSc1nc(CC2CCCN(C(=O)OC(C)(C)C)C2)cn2c(-c3cnn(C)c3)cnc12.CSc1nc(CC2CCCN(C(=O)OC(C)(C)C)C2)cn2c(Br)cnc12. The highest BCUT2D eigenvalue weighted by Gasteiger charge is 2.30. The summed E-state index contributed by atoms with van der Waals surface area (Å²) in [6.07, 6.45) is 21.0. The Morgan fingerprint density at radius 2 is 1.25 bits per heavy atom. The van der Waals surface area contributed by atoms with Gasteiger partial charge in [0.1, 0.15) is 25.9 Å². The van der Waals surface area contributed by atoms with Gasteiger partial charge in [-0.05, 0) is 120 Å². The Balaban J connectivity index is 0.000000196.